The van der Waals surface area contributed by atoms with Crippen molar-refractivity contribution in [2.75, 3.05) is 6.67 Å². The third-order valence-corrected chi connectivity index (χ3v) is 3.59. The summed E-state index contributed by atoms with van der Waals surface area (Å²) in [5, 5.41) is 22.5. The van der Waals surface area contributed by atoms with Crippen molar-refractivity contribution in [3.05, 3.63) is 71.1 Å². The van der Waals surface area contributed by atoms with E-state index in [0.717, 1.165) is 5.56 Å². The Labute approximate surface area is 149 Å². The lowest BCUT2D eigenvalue weighted by atomic mass is 9.98. The number of amides is 1. The summed E-state index contributed by atoms with van der Waals surface area (Å²) in [5.41, 5.74) is 2.92. The van der Waals surface area contributed by atoms with E-state index < -0.39 is 31.2 Å². The number of alkyl halides is 3. The Hall–Kier alpha value is -2.42. The van der Waals surface area contributed by atoms with Crippen molar-refractivity contribution >= 4 is 11.5 Å². The van der Waals surface area contributed by atoms with Crippen molar-refractivity contribution in [3.8, 4) is 0 Å². The number of carbonyl (C=O) groups is 1. The van der Waals surface area contributed by atoms with Gasteiger partial charge in [-0.3, -0.25) is 4.79 Å². The Bertz CT molecular complexity index is 673. The highest BCUT2D eigenvalue weighted by atomic mass is 19.3. The second-order valence-electron chi connectivity index (χ2n) is 5.49. The first-order valence-electron chi connectivity index (χ1n) is 7.73. The fourth-order valence-corrected chi connectivity index (χ4v) is 2.10. The van der Waals surface area contributed by atoms with Gasteiger partial charge in [-0.15, -0.1) is 0 Å². The van der Waals surface area contributed by atoms with Crippen molar-refractivity contribution < 1.29 is 28.6 Å². The third-order valence-electron chi connectivity index (χ3n) is 3.59. The van der Waals surface area contributed by atoms with E-state index >= 15 is 0 Å². The molecule has 5 nitrogen and oxygen atoms in total. The summed E-state index contributed by atoms with van der Waals surface area (Å²) >= 11 is 0. The quantitative estimate of drug-likeness (QED) is 0.459. The second kappa shape index (κ2) is 10.5. The molecular formula is C18H21F3N2O3. The average molecular weight is 370 g/mol. The number of quaternary nitrogens is 1. The number of hydrogen-bond acceptors (Lipinski definition) is 3. The highest BCUT2D eigenvalue weighted by Crippen LogP contribution is 2.22. The van der Waals surface area contributed by atoms with Crippen LogP contribution < -0.4 is 10.8 Å². The van der Waals surface area contributed by atoms with Gasteiger partial charge in [-0.1, -0.05) is 36.9 Å². The summed E-state index contributed by atoms with van der Waals surface area (Å²) in [6.07, 6.45) is 0.112. The van der Waals surface area contributed by atoms with Crippen LogP contribution in [0.4, 0.5) is 13.2 Å². The van der Waals surface area contributed by atoms with Gasteiger partial charge in [-0.25, -0.2) is 4.39 Å². The molecule has 0 spiro atoms. The van der Waals surface area contributed by atoms with E-state index in [9.17, 15) is 28.3 Å². The van der Waals surface area contributed by atoms with Gasteiger partial charge in [-0.2, -0.15) is 8.78 Å². The average Bonchev–Trinajstić information content (AvgIpc) is 2.65. The van der Waals surface area contributed by atoms with Gasteiger partial charge < -0.3 is 21.1 Å². The van der Waals surface area contributed by atoms with E-state index in [2.05, 4.69) is 6.58 Å². The lowest BCUT2D eigenvalue weighted by Crippen LogP contribution is -2.74. The number of allylic oxidation sites excluding steroid dienone is 5. The van der Waals surface area contributed by atoms with Crippen molar-refractivity contribution in [3.63, 3.8) is 0 Å². The number of benzene rings is 1. The number of hydroxylamine groups is 1. The fraction of sp³-hybridized carbons (Fsp3) is 0.278. The molecule has 142 valence electrons. The minimum atomic E-state index is -3.29. The Morgan fingerprint density at radius 3 is 2.42 bits per heavy atom. The molecule has 0 aliphatic rings. The topological polar surface area (TPSA) is 89.0 Å². The smallest absolute Gasteiger partial charge is 0.315 e. The molecule has 0 aromatic heterocycles. The largest absolute Gasteiger partial charge is 0.631 e. The Morgan fingerprint density at radius 2 is 1.96 bits per heavy atom. The minimum Gasteiger partial charge on any atom is -0.631 e. The summed E-state index contributed by atoms with van der Waals surface area (Å²) in [6.45, 7) is 4.13. The molecule has 0 heterocycles. The second-order valence-corrected chi connectivity index (χ2v) is 5.49. The van der Waals surface area contributed by atoms with Crippen molar-refractivity contribution in [1.82, 2.24) is 5.32 Å². The van der Waals surface area contributed by atoms with Gasteiger partial charge in [-0.05, 0) is 28.9 Å². The molecule has 8 heteroatoms. The van der Waals surface area contributed by atoms with Crippen LogP contribution in [-0.2, 0) is 4.79 Å². The molecule has 0 radical (unpaired) electrons. The van der Waals surface area contributed by atoms with Gasteiger partial charge in [0.15, 0.2) is 0 Å². The van der Waals surface area contributed by atoms with E-state index in [1.807, 2.05) is 0 Å². The van der Waals surface area contributed by atoms with Crippen LogP contribution in [0, 0.1) is 5.21 Å². The van der Waals surface area contributed by atoms with Gasteiger partial charge in [0.2, 0.25) is 0 Å². The van der Waals surface area contributed by atoms with E-state index in [-0.39, 0.29) is 5.56 Å². The first kappa shape index (κ1) is 21.6. The number of hydrogen-bond donors (Lipinski definition) is 3. The maximum atomic E-state index is 13.0. The van der Waals surface area contributed by atoms with Gasteiger partial charge in [0.1, 0.15) is 18.5 Å². The van der Waals surface area contributed by atoms with Crippen LogP contribution in [0.5, 0.6) is 0 Å². The van der Waals surface area contributed by atoms with Crippen LogP contribution in [-0.4, -0.2) is 30.2 Å². The van der Waals surface area contributed by atoms with Crippen LogP contribution in [0.2, 0.25) is 0 Å². The predicted octanol–water partition coefficient (Wildman–Crippen LogP) is 1.97. The minimum absolute atomic E-state index is 0.258. The number of carbonyl (C=O) groups excluding carboxylic acids is 1. The molecule has 26 heavy (non-hydrogen) atoms. The zero-order valence-electron chi connectivity index (χ0n) is 14.2. The molecular weight excluding hydrogens is 349 g/mol. The maximum Gasteiger partial charge on any atom is 0.315 e. The molecule has 0 fully saturated rings. The summed E-state index contributed by atoms with van der Waals surface area (Å²) in [6, 6.07) is 4.76. The molecule has 2 atom stereocenters. The summed E-state index contributed by atoms with van der Waals surface area (Å²) in [4.78, 5) is 11.0. The molecule has 0 aliphatic carbocycles. The normalized spacial score (nSPS) is 14.9. The molecule has 0 aliphatic heterocycles. The van der Waals surface area contributed by atoms with E-state index in [4.69, 9.17) is 0 Å². The fourth-order valence-electron chi connectivity index (χ4n) is 2.10. The number of nitrogens with two attached hydrogens (primary N) is 1. The Balaban J connectivity index is 2.97. The molecule has 0 saturated carbocycles. The van der Waals surface area contributed by atoms with E-state index in [1.165, 1.54) is 12.1 Å². The summed E-state index contributed by atoms with van der Waals surface area (Å²) in [5.74, 6) is -1.64. The van der Waals surface area contributed by atoms with Crippen LogP contribution in [0.15, 0.2) is 54.8 Å². The highest BCUT2D eigenvalue weighted by molar-refractivity contribution is 5.79. The first-order chi connectivity index (χ1) is 12.3. The zero-order chi connectivity index (χ0) is 19.7. The van der Waals surface area contributed by atoms with Crippen molar-refractivity contribution in [1.29, 1.82) is 0 Å². The van der Waals surface area contributed by atoms with E-state index in [1.54, 1.807) is 42.6 Å². The standard InChI is InChI=1S/C18H21F3N2O3/c1-3-12(5-4-11(2)23-26)13-6-8-14(9-7-13)16(24)15(10-19)22-18(25)17(20)21/h3-9,15-17,24H,1,10,23H2,2H3,(H,22,25). The number of aliphatic hydroxyl groups excluding tert-OH is 1. The van der Waals surface area contributed by atoms with Crippen LogP contribution in [0.1, 0.15) is 24.2 Å². The third kappa shape index (κ3) is 6.14. The Morgan fingerprint density at radius 1 is 1.35 bits per heavy atom. The number of rotatable bonds is 9. The molecule has 0 bridgehead atoms. The SMILES string of the molecule is C=CC(=CC=C(C)[NH2+][O-])c1ccc(C(O)C(CF)NC(=O)C(F)F)cc1. The van der Waals surface area contributed by atoms with Crippen LogP contribution >= 0.6 is 0 Å². The summed E-state index contributed by atoms with van der Waals surface area (Å²) < 4.78 is 37.5. The molecule has 1 aromatic carbocycles. The Kier molecular flexibility index (Phi) is 8.77. The van der Waals surface area contributed by atoms with Gasteiger partial charge in [0, 0.05) is 6.92 Å². The monoisotopic (exact) mass is 370 g/mol. The van der Waals surface area contributed by atoms with Gasteiger partial charge >= 0.3 is 6.43 Å². The van der Waals surface area contributed by atoms with Crippen molar-refractivity contribution in [2.24, 2.45) is 0 Å². The summed E-state index contributed by atoms with van der Waals surface area (Å²) in [7, 11) is 0. The number of halogens is 3. The lowest BCUT2D eigenvalue weighted by Gasteiger charge is -2.22. The predicted molar refractivity (Wildman–Crippen MR) is 92.5 cm³/mol. The number of nitrogens with one attached hydrogen (secondary N) is 1. The number of aliphatic hydroxyl groups is 1. The van der Waals surface area contributed by atoms with Crippen molar-refractivity contribution in [2.45, 2.75) is 25.5 Å². The lowest BCUT2D eigenvalue weighted by molar-refractivity contribution is -0.535. The van der Waals surface area contributed by atoms with Gasteiger partial charge in [0.05, 0.1) is 6.04 Å². The highest BCUT2D eigenvalue weighted by Gasteiger charge is 2.26. The first-order valence-corrected chi connectivity index (χ1v) is 7.73. The van der Waals surface area contributed by atoms with Crippen LogP contribution in [0.3, 0.4) is 0 Å². The molecule has 1 amide bonds. The van der Waals surface area contributed by atoms with E-state index in [0.29, 0.717) is 16.8 Å². The molecule has 1 rings (SSSR count). The van der Waals surface area contributed by atoms with Crippen LogP contribution in [0.25, 0.3) is 5.57 Å². The molecule has 4 N–H and O–H groups in total. The zero-order valence-corrected chi connectivity index (χ0v) is 14.2. The van der Waals surface area contributed by atoms with Gasteiger partial charge in [0.25, 0.3) is 5.91 Å². The maximum absolute atomic E-state index is 13.0. The molecule has 1 aromatic rings. The molecule has 2 unspecified atom stereocenters. The molecule has 0 saturated heterocycles.